The molecule has 35 heavy (non-hydrogen) atoms. The fourth-order valence-corrected chi connectivity index (χ4v) is 4.21. The Morgan fingerprint density at radius 2 is 1.83 bits per heavy atom. The molecule has 3 aromatic rings. The van der Waals surface area contributed by atoms with Crippen molar-refractivity contribution < 1.29 is 17.9 Å². The van der Waals surface area contributed by atoms with E-state index in [-0.39, 0.29) is 48.7 Å². The summed E-state index contributed by atoms with van der Waals surface area (Å²) < 4.78 is 46.7. The number of halogens is 5. The highest BCUT2D eigenvalue weighted by molar-refractivity contribution is 5.85. The van der Waals surface area contributed by atoms with Gasteiger partial charge in [0.15, 0.2) is 0 Å². The van der Waals surface area contributed by atoms with Crippen LogP contribution in [0, 0.1) is 0 Å². The Balaban J connectivity index is 0.00000171. The van der Waals surface area contributed by atoms with Crippen LogP contribution in [-0.2, 0) is 12.7 Å². The lowest BCUT2D eigenvalue weighted by Crippen LogP contribution is -2.45. The second-order valence-corrected chi connectivity index (χ2v) is 8.49. The van der Waals surface area contributed by atoms with Crippen LogP contribution in [0.5, 0.6) is 5.75 Å². The molecule has 2 aromatic carbocycles. The molecule has 0 bridgehead atoms. The summed E-state index contributed by atoms with van der Waals surface area (Å²) in [6, 6.07) is 15.5. The second kappa shape index (κ2) is 11.6. The van der Waals surface area contributed by atoms with E-state index in [0.717, 1.165) is 42.5 Å². The van der Waals surface area contributed by atoms with E-state index in [1.165, 1.54) is 5.56 Å². The van der Waals surface area contributed by atoms with Crippen LogP contribution in [0.25, 0.3) is 5.69 Å². The van der Waals surface area contributed by atoms with E-state index in [4.69, 9.17) is 4.74 Å². The molecule has 1 unspecified atom stereocenters. The maximum Gasteiger partial charge on any atom is 0.453 e. The Kier molecular flexibility index (Phi) is 8.98. The first-order valence-corrected chi connectivity index (χ1v) is 11.2. The quantitative estimate of drug-likeness (QED) is 0.463. The van der Waals surface area contributed by atoms with Gasteiger partial charge in [0, 0.05) is 24.2 Å². The van der Waals surface area contributed by atoms with E-state index in [1.54, 1.807) is 18.2 Å². The minimum atomic E-state index is -4.65. The molecule has 5 rings (SSSR count). The number of ether oxygens (including phenoxy) is 1. The topological polar surface area (TPSA) is 76.9 Å². The zero-order chi connectivity index (χ0) is 22.8. The molecular formula is C23H27Cl2F3N6O. The predicted octanol–water partition coefficient (Wildman–Crippen LogP) is 4.65. The van der Waals surface area contributed by atoms with Crippen molar-refractivity contribution in [3.8, 4) is 11.4 Å². The predicted molar refractivity (Wildman–Crippen MR) is 129 cm³/mol. The molecule has 2 N–H and O–H groups in total. The molecule has 2 heterocycles. The summed E-state index contributed by atoms with van der Waals surface area (Å²) in [4.78, 5) is 0. The molecule has 7 nitrogen and oxygen atoms in total. The van der Waals surface area contributed by atoms with Crippen LogP contribution in [0.1, 0.15) is 48.7 Å². The number of aromatic nitrogens is 4. The average molecular weight is 531 g/mol. The molecule has 190 valence electrons. The molecular weight excluding hydrogens is 504 g/mol. The zero-order valence-electron chi connectivity index (χ0n) is 18.7. The van der Waals surface area contributed by atoms with Crippen molar-refractivity contribution in [3.63, 3.8) is 0 Å². The molecule has 2 atom stereocenters. The maximum absolute atomic E-state index is 13.3. The van der Waals surface area contributed by atoms with Gasteiger partial charge in [0.1, 0.15) is 5.75 Å². The van der Waals surface area contributed by atoms with Crippen LogP contribution in [0.4, 0.5) is 13.2 Å². The number of hydrogen-bond donors (Lipinski definition) is 2. The van der Waals surface area contributed by atoms with Crippen molar-refractivity contribution in [2.24, 2.45) is 0 Å². The third-order valence-corrected chi connectivity index (χ3v) is 6.00. The number of rotatable bonds is 7. The summed E-state index contributed by atoms with van der Waals surface area (Å²) >= 11 is 0. The number of piperidine rings is 1. The molecule has 0 spiro atoms. The molecule has 2 fully saturated rings. The van der Waals surface area contributed by atoms with Gasteiger partial charge in [-0.25, -0.2) is 0 Å². The lowest BCUT2D eigenvalue weighted by Gasteiger charge is -2.34. The van der Waals surface area contributed by atoms with E-state index in [2.05, 4.69) is 38.3 Å². The first-order chi connectivity index (χ1) is 16.0. The van der Waals surface area contributed by atoms with E-state index >= 15 is 0 Å². The van der Waals surface area contributed by atoms with E-state index in [1.807, 2.05) is 18.2 Å². The van der Waals surface area contributed by atoms with Gasteiger partial charge in [0.2, 0.25) is 0 Å². The van der Waals surface area contributed by atoms with Gasteiger partial charge in [-0.15, -0.1) is 29.9 Å². The van der Waals surface area contributed by atoms with Crippen LogP contribution in [0.3, 0.4) is 0 Å². The van der Waals surface area contributed by atoms with Crippen LogP contribution < -0.4 is 15.4 Å². The highest BCUT2D eigenvalue weighted by Gasteiger charge is 2.38. The Labute approximate surface area is 213 Å². The van der Waals surface area contributed by atoms with Crippen molar-refractivity contribution >= 4 is 24.8 Å². The molecule has 2 aliphatic rings. The largest absolute Gasteiger partial charge is 0.490 e. The van der Waals surface area contributed by atoms with Crippen molar-refractivity contribution in [2.75, 3.05) is 6.54 Å². The Morgan fingerprint density at radius 1 is 1.06 bits per heavy atom. The monoisotopic (exact) mass is 530 g/mol. The Morgan fingerprint density at radius 3 is 2.54 bits per heavy atom. The van der Waals surface area contributed by atoms with Crippen molar-refractivity contribution in [1.82, 2.24) is 30.8 Å². The van der Waals surface area contributed by atoms with E-state index < -0.39 is 12.0 Å². The molecule has 1 saturated carbocycles. The van der Waals surface area contributed by atoms with Crippen molar-refractivity contribution in [2.45, 2.75) is 56.6 Å². The number of benzene rings is 2. The normalized spacial score (nSPS) is 20.0. The minimum absolute atomic E-state index is 0. The summed E-state index contributed by atoms with van der Waals surface area (Å²) in [5, 5.41) is 17.1. The number of hydrogen-bond acceptors (Lipinski definition) is 6. The fourth-order valence-electron chi connectivity index (χ4n) is 4.21. The maximum atomic E-state index is 13.3. The highest BCUT2D eigenvalue weighted by Crippen LogP contribution is 2.33. The van der Waals surface area contributed by atoms with Crippen LogP contribution in [0.2, 0.25) is 0 Å². The van der Waals surface area contributed by atoms with E-state index in [9.17, 15) is 13.2 Å². The van der Waals surface area contributed by atoms with Gasteiger partial charge in [-0.2, -0.15) is 17.9 Å². The summed E-state index contributed by atoms with van der Waals surface area (Å²) in [6.45, 7) is 1.40. The summed E-state index contributed by atoms with van der Waals surface area (Å²) in [7, 11) is 0. The van der Waals surface area contributed by atoms with Gasteiger partial charge in [0.05, 0.1) is 11.8 Å². The van der Waals surface area contributed by atoms with Gasteiger partial charge < -0.3 is 15.4 Å². The highest BCUT2D eigenvalue weighted by atomic mass is 35.5. The fraction of sp³-hybridized carbons (Fsp3) is 0.435. The molecule has 1 aliphatic carbocycles. The number of nitrogens with zero attached hydrogens (tertiary/aromatic N) is 4. The van der Waals surface area contributed by atoms with Gasteiger partial charge in [0.25, 0.3) is 5.82 Å². The molecule has 1 aromatic heterocycles. The van der Waals surface area contributed by atoms with Crippen LogP contribution >= 0.6 is 24.8 Å². The third kappa shape index (κ3) is 6.43. The SMILES string of the molecule is Cl.Cl.FC(F)(F)c1nnnn1-c1ccc(OC2CC2)c(CNC2CCCN[C@H]2c2ccccc2)c1. The Bertz CT molecular complexity index is 1090. The zero-order valence-corrected chi connectivity index (χ0v) is 20.4. The van der Waals surface area contributed by atoms with E-state index in [0.29, 0.717) is 12.3 Å². The number of alkyl halides is 3. The molecule has 1 aliphatic heterocycles. The lowest BCUT2D eigenvalue weighted by molar-refractivity contribution is -0.146. The first-order valence-electron chi connectivity index (χ1n) is 11.2. The average Bonchev–Trinajstić information content (AvgIpc) is 3.49. The van der Waals surface area contributed by atoms with Crippen LogP contribution in [-0.4, -0.2) is 38.9 Å². The number of tetrazole rings is 1. The first kappa shape index (κ1) is 27.2. The second-order valence-electron chi connectivity index (χ2n) is 8.49. The summed E-state index contributed by atoms with van der Waals surface area (Å²) in [5.41, 5.74) is 2.23. The van der Waals surface area contributed by atoms with Gasteiger partial charge >= 0.3 is 6.18 Å². The van der Waals surface area contributed by atoms with Crippen molar-refractivity contribution in [1.29, 1.82) is 0 Å². The standard InChI is InChI=1S/C23H25F3N6O.2ClH/c24-23(25,26)22-29-30-31-32(22)17-8-11-20(33-18-9-10-18)16(13-17)14-28-19-7-4-12-27-21(19)15-5-2-1-3-6-15;;/h1-3,5-6,8,11,13,18-19,21,27-28H,4,7,9-10,12,14H2;2*1H/t19?,21-;;/m0../s1. The van der Waals surface area contributed by atoms with Gasteiger partial charge in [-0.05, 0) is 66.4 Å². The summed E-state index contributed by atoms with van der Waals surface area (Å²) in [6.07, 6.45) is -0.462. The molecule has 1 saturated heterocycles. The van der Waals surface area contributed by atoms with Crippen LogP contribution in [0.15, 0.2) is 48.5 Å². The third-order valence-electron chi connectivity index (χ3n) is 6.00. The smallest absolute Gasteiger partial charge is 0.453 e. The summed E-state index contributed by atoms with van der Waals surface area (Å²) in [5.74, 6) is -0.478. The lowest BCUT2D eigenvalue weighted by atomic mass is 9.92. The van der Waals surface area contributed by atoms with Crippen molar-refractivity contribution in [3.05, 3.63) is 65.5 Å². The molecule has 0 amide bonds. The molecule has 12 heteroatoms. The number of nitrogens with one attached hydrogen (secondary N) is 2. The molecule has 0 radical (unpaired) electrons. The minimum Gasteiger partial charge on any atom is -0.490 e. The van der Waals surface area contributed by atoms with Gasteiger partial charge in [-0.3, -0.25) is 0 Å². The Hall–Kier alpha value is -2.40. The van der Waals surface area contributed by atoms with Gasteiger partial charge in [-0.1, -0.05) is 30.3 Å².